The van der Waals surface area contributed by atoms with E-state index in [4.69, 9.17) is 28.3 Å². The largest absolute Gasteiger partial charge is 0.481 e. The summed E-state index contributed by atoms with van der Waals surface area (Å²) >= 11 is 12.0. The van der Waals surface area contributed by atoms with Crippen LogP contribution in [0.25, 0.3) is 0 Å². The van der Waals surface area contributed by atoms with Crippen molar-refractivity contribution < 1.29 is 14.7 Å². The van der Waals surface area contributed by atoms with E-state index in [2.05, 4.69) is 10.6 Å². The quantitative estimate of drug-likeness (QED) is 0.794. The van der Waals surface area contributed by atoms with Crippen LogP contribution in [0.3, 0.4) is 0 Å². The summed E-state index contributed by atoms with van der Waals surface area (Å²) in [5.74, 6) is -1.67. The average molecular weight is 319 g/mol. The van der Waals surface area contributed by atoms with E-state index in [9.17, 15) is 9.59 Å². The van der Waals surface area contributed by atoms with Crippen molar-refractivity contribution in [3.05, 3.63) is 27.7 Å². The van der Waals surface area contributed by atoms with Crippen LogP contribution in [-0.2, 0) is 4.79 Å². The molecule has 5 nitrogen and oxygen atoms in total. The van der Waals surface area contributed by atoms with E-state index in [0.29, 0.717) is 15.7 Å². The first-order valence-electron chi connectivity index (χ1n) is 5.98. The Morgan fingerprint density at radius 1 is 1.20 bits per heavy atom. The highest BCUT2D eigenvalue weighted by atomic mass is 35.5. The third-order valence-electron chi connectivity index (χ3n) is 2.99. The van der Waals surface area contributed by atoms with E-state index < -0.39 is 24.0 Å². The molecule has 0 heterocycles. The molecule has 0 aliphatic carbocycles. The van der Waals surface area contributed by atoms with Crippen molar-refractivity contribution in [3.63, 3.8) is 0 Å². The van der Waals surface area contributed by atoms with Crippen molar-refractivity contribution in [3.8, 4) is 0 Å². The molecule has 1 aromatic rings. The van der Waals surface area contributed by atoms with Crippen molar-refractivity contribution in [2.75, 3.05) is 5.32 Å². The molecule has 0 spiro atoms. The SMILES string of the molecule is Cc1cc(Cl)c(NC(=O)NC(C)C(C)C(=O)O)cc1Cl. The molecule has 1 rings (SSSR count). The first-order valence-corrected chi connectivity index (χ1v) is 6.74. The number of carbonyl (C=O) groups excluding carboxylic acids is 1. The number of anilines is 1. The highest BCUT2D eigenvalue weighted by molar-refractivity contribution is 6.36. The zero-order valence-corrected chi connectivity index (χ0v) is 12.8. The fourth-order valence-electron chi connectivity index (χ4n) is 1.45. The molecule has 0 bridgehead atoms. The van der Waals surface area contributed by atoms with E-state index in [0.717, 1.165) is 5.56 Å². The van der Waals surface area contributed by atoms with Crippen LogP contribution in [0.2, 0.25) is 10.0 Å². The molecule has 0 aromatic heterocycles. The molecule has 0 saturated carbocycles. The molecule has 3 N–H and O–H groups in total. The number of carboxylic acids is 1. The van der Waals surface area contributed by atoms with Gasteiger partial charge >= 0.3 is 12.0 Å². The van der Waals surface area contributed by atoms with E-state index in [1.165, 1.54) is 6.92 Å². The fourth-order valence-corrected chi connectivity index (χ4v) is 1.88. The second-order valence-corrected chi connectivity index (χ2v) is 5.41. The van der Waals surface area contributed by atoms with Crippen LogP contribution < -0.4 is 10.6 Å². The molecule has 2 amide bonds. The Hall–Kier alpha value is -1.46. The van der Waals surface area contributed by atoms with Gasteiger partial charge in [-0.2, -0.15) is 0 Å². The minimum atomic E-state index is -0.978. The number of nitrogens with one attached hydrogen (secondary N) is 2. The molecule has 1 aromatic carbocycles. The van der Waals surface area contributed by atoms with E-state index in [1.54, 1.807) is 26.0 Å². The van der Waals surface area contributed by atoms with Crippen LogP contribution >= 0.6 is 23.2 Å². The number of aliphatic carboxylic acids is 1. The maximum atomic E-state index is 11.8. The van der Waals surface area contributed by atoms with Crippen LogP contribution in [0.15, 0.2) is 12.1 Å². The van der Waals surface area contributed by atoms with Gasteiger partial charge in [-0.1, -0.05) is 23.2 Å². The number of hydrogen-bond donors (Lipinski definition) is 3. The van der Waals surface area contributed by atoms with Crippen molar-refractivity contribution in [2.24, 2.45) is 5.92 Å². The third-order valence-corrected chi connectivity index (χ3v) is 3.71. The first kappa shape index (κ1) is 16.6. The topological polar surface area (TPSA) is 78.4 Å². The Morgan fingerprint density at radius 2 is 1.80 bits per heavy atom. The zero-order chi connectivity index (χ0) is 15.4. The summed E-state index contributed by atoms with van der Waals surface area (Å²) < 4.78 is 0. The lowest BCUT2D eigenvalue weighted by molar-refractivity contribution is -0.141. The molecular weight excluding hydrogens is 303 g/mol. The average Bonchev–Trinajstić information content (AvgIpc) is 2.34. The summed E-state index contributed by atoms with van der Waals surface area (Å²) in [6, 6.07) is 2.13. The monoisotopic (exact) mass is 318 g/mol. The van der Waals surface area contributed by atoms with Gasteiger partial charge in [-0.25, -0.2) is 4.79 Å². The standard InChI is InChI=1S/C13H16Cl2N2O3/c1-6-4-10(15)11(5-9(6)14)17-13(20)16-8(3)7(2)12(18)19/h4-5,7-8H,1-3H3,(H,18,19)(H2,16,17,20). The van der Waals surface area contributed by atoms with Crippen molar-refractivity contribution in [1.82, 2.24) is 5.32 Å². The molecule has 2 atom stereocenters. The maximum absolute atomic E-state index is 11.8. The number of rotatable bonds is 4. The molecule has 0 saturated heterocycles. The van der Waals surface area contributed by atoms with Gasteiger partial charge in [0.1, 0.15) is 0 Å². The Morgan fingerprint density at radius 3 is 2.35 bits per heavy atom. The van der Waals surface area contributed by atoms with Crippen LogP contribution in [0, 0.1) is 12.8 Å². The van der Waals surface area contributed by atoms with Crippen molar-refractivity contribution in [2.45, 2.75) is 26.8 Å². The minimum absolute atomic E-state index is 0.362. The number of halogens is 2. The van der Waals surface area contributed by atoms with Crippen molar-refractivity contribution in [1.29, 1.82) is 0 Å². The molecule has 7 heteroatoms. The van der Waals surface area contributed by atoms with Crippen molar-refractivity contribution >= 4 is 40.9 Å². The number of carboxylic acid groups (broad SMARTS) is 1. The summed E-state index contributed by atoms with van der Waals surface area (Å²) in [5, 5.41) is 14.8. The Balaban J connectivity index is 2.72. The second kappa shape index (κ2) is 6.81. The van der Waals surface area contributed by atoms with Gasteiger partial charge in [-0.3, -0.25) is 4.79 Å². The molecule has 0 fully saturated rings. The lowest BCUT2D eigenvalue weighted by Gasteiger charge is -2.18. The van der Waals surface area contributed by atoms with Crippen LogP contribution in [0.1, 0.15) is 19.4 Å². The zero-order valence-electron chi connectivity index (χ0n) is 11.3. The number of benzene rings is 1. The van der Waals surface area contributed by atoms with E-state index in [1.807, 2.05) is 0 Å². The lowest BCUT2D eigenvalue weighted by Crippen LogP contribution is -2.42. The Bertz CT molecular complexity index is 535. The van der Waals surface area contributed by atoms with Gasteiger partial charge in [0, 0.05) is 11.1 Å². The van der Waals surface area contributed by atoms with Gasteiger partial charge in [-0.05, 0) is 38.5 Å². The van der Waals surface area contributed by atoms with Crippen LogP contribution in [-0.4, -0.2) is 23.1 Å². The number of carbonyl (C=O) groups is 2. The highest BCUT2D eigenvalue weighted by Crippen LogP contribution is 2.28. The first-order chi connectivity index (χ1) is 9.22. The van der Waals surface area contributed by atoms with E-state index in [-0.39, 0.29) is 0 Å². The molecule has 0 radical (unpaired) electrons. The number of hydrogen-bond acceptors (Lipinski definition) is 2. The summed E-state index contributed by atoms with van der Waals surface area (Å²) in [7, 11) is 0. The molecule has 20 heavy (non-hydrogen) atoms. The van der Waals surface area contributed by atoms with Crippen LogP contribution in [0.4, 0.5) is 10.5 Å². The number of aryl methyl sites for hydroxylation is 1. The van der Waals surface area contributed by atoms with Gasteiger partial charge in [0.2, 0.25) is 0 Å². The van der Waals surface area contributed by atoms with Gasteiger partial charge in [0.15, 0.2) is 0 Å². The van der Waals surface area contributed by atoms with Gasteiger partial charge in [-0.15, -0.1) is 0 Å². The molecule has 2 unspecified atom stereocenters. The number of amides is 2. The predicted molar refractivity (Wildman–Crippen MR) is 79.6 cm³/mol. The van der Waals surface area contributed by atoms with Crippen LogP contribution in [0.5, 0.6) is 0 Å². The van der Waals surface area contributed by atoms with Gasteiger partial charge < -0.3 is 15.7 Å². The minimum Gasteiger partial charge on any atom is -0.481 e. The molecule has 0 aliphatic rings. The highest BCUT2D eigenvalue weighted by Gasteiger charge is 2.21. The molecule has 110 valence electrons. The molecular formula is C13H16Cl2N2O3. The summed E-state index contributed by atoms with van der Waals surface area (Å²) in [4.78, 5) is 22.6. The Kier molecular flexibility index (Phi) is 5.65. The normalized spacial score (nSPS) is 13.4. The maximum Gasteiger partial charge on any atom is 0.319 e. The fraction of sp³-hybridized carbons (Fsp3) is 0.385. The summed E-state index contributed by atoms with van der Waals surface area (Å²) in [5.41, 5.74) is 1.17. The smallest absolute Gasteiger partial charge is 0.319 e. The number of urea groups is 1. The van der Waals surface area contributed by atoms with Gasteiger partial charge in [0.05, 0.1) is 16.6 Å². The lowest BCUT2D eigenvalue weighted by atomic mass is 10.0. The second-order valence-electron chi connectivity index (χ2n) is 4.60. The Labute approximate surface area is 127 Å². The predicted octanol–water partition coefficient (Wildman–Crippen LogP) is 3.53. The van der Waals surface area contributed by atoms with Gasteiger partial charge in [0.25, 0.3) is 0 Å². The molecule has 0 aliphatic heterocycles. The summed E-state index contributed by atoms with van der Waals surface area (Å²) in [6.45, 7) is 4.93. The summed E-state index contributed by atoms with van der Waals surface area (Å²) in [6.07, 6.45) is 0. The third kappa shape index (κ3) is 4.28. The van der Waals surface area contributed by atoms with E-state index >= 15 is 0 Å².